The first-order valence-electron chi connectivity index (χ1n) is 7.58. The van der Waals surface area contributed by atoms with Crippen molar-refractivity contribution in [1.82, 2.24) is 14.8 Å². The smallest absolute Gasteiger partial charge is 0.235 e. The maximum Gasteiger partial charge on any atom is 0.235 e. The molecule has 1 aliphatic rings. The number of aryl methyl sites for hydroxylation is 2. The molecule has 1 aliphatic carbocycles. The Morgan fingerprint density at radius 2 is 2.35 bits per heavy atom. The molecule has 0 atom stereocenters. The van der Waals surface area contributed by atoms with Crippen LogP contribution in [0, 0.1) is 11.3 Å². The molecule has 0 bridgehead atoms. The average molecular weight is 347 g/mol. The summed E-state index contributed by atoms with van der Waals surface area (Å²) in [5.41, 5.74) is 1.79. The summed E-state index contributed by atoms with van der Waals surface area (Å²) in [6, 6.07) is 2.26. The number of anilines is 1. The van der Waals surface area contributed by atoms with E-state index < -0.39 is 0 Å². The van der Waals surface area contributed by atoms with Crippen LogP contribution in [0.15, 0.2) is 11.5 Å². The summed E-state index contributed by atoms with van der Waals surface area (Å²) in [6.45, 7) is 2.77. The van der Waals surface area contributed by atoms with Gasteiger partial charge in [-0.3, -0.25) is 4.79 Å². The maximum absolute atomic E-state index is 12.2. The van der Waals surface area contributed by atoms with E-state index in [1.807, 2.05) is 11.5 Å². The molecule has 0 fully saturated rings. The molecular formula is C15H17N5OS2. The molecule has 0 aliphatic heterocycles. The van der Waals surface area contributed by atoms with Gasteiger partial charge in [0.05, 0.1) is 11.3 Å². The second-order valence-corrected chi connectivity index (χ2v) is 7.31. The third-order valence-electron chi connectivity index (χ3n) is 3.79. The molecule has 0 unspecified atom stereocenters. The Balaban J connectivity index is 1.66. The predicted octanol–water partition coefficient (Wildman–Crippen LogP) is 2.84. The van der Waals surface area contributed by atoms with E-state index in [2.05, 4.69) is 21.6 Å². The number of thioether (sulfide) groups is 1. The van der Waals surface area contributed by atoms with Crippen molar-refractivity contribution in [3.8, 4) is 6.07 Å². The normalized spacial score (nSPS) is 13.4. The van der Waals surface area contributed by atoms with Gasteiger partial charge >= 0.3 is 0 Å². The summed E-state index contributed by atoms with van der Waals surface area (Å²) >= 11 is 2.90. The zero-order valence-electron chi connectivity index (χ0n) is 12.8. The fraction of sp³-hybridized carbons (Fsp3) is 0.467. The van der Waals surface area contributed by atoms with Crippen LogP contribution in [-0.4, -0.2) is 26.4 Å². The van der Waals surface area contributed by atoms with Crippen molar-refractivity contribution in [2.24, 2.45) is 0 Å². The van der Waals surface area contributed by atoms with E-state index in [1.54, 1.807) is 17.7 Å². The number of carbonyl (C=O) groups is 1. The van der Waals surface area contributed by atoms with E-state index in [-0.39, 0.29) is 11.7 Å². The molecule has 0 radical (unpaired) electrons. The molecule has 0 spiro atoms. The first-order valence-corrected chi connectivity index (χ1v) is 9.38. The van der Waals surface area contributed by atoms with Gasteiger partial charge < -0.3 is 9.88 Å². The molecule has 0 saturated carbocycles. The Morgan fingerprint density at radius 3 is 3.13 bits per heavy atom. The molecule has 120 valence electrons. The predicted molar refractivity (Wildman–Crippen MR) is 90.7 cm³/mol. The minimum absolute atomic E-state index is 0.115. The van der Waals surface area contributed by atoms with Crippen molar-refractivity contribution in [2.75, 3.05) is 11.1 Å². The molecule has 2 aromatic rings. The SMILES string of the molecule is CCn1cnnc1SCC(=O)Nc1sc2c(c1C#N)CCCC2. The van der Waals surface area contributed by atoms with Crippen LogP contribution in [0.25, 0.3) is 0 Å². The van der Waals surface area contributed by atoms with Gasteiger partial charge in [0.25, 0.3) is 0 Å². The standard InChI is InChI=1S/C15H17N5OS2/c1-2-20-9-17-19-15(20)22-8-13(21)18-14-11(7-16)10-5-3-4-6-12(10)23-14/h9H,2-6,8H2,1H3,(H,18,21). The topological polar surface area (TPSA) is 83.6 Å². The number of fused-ring (bicyclic) bond motifs is 1. The number of carbonyl (C=O) groups excluding carboxylic acids is 1. The average Bonchev–Trinajstić information content (AvgIpc) is 3.16. The quantitative estimate of drug-likeness (QED) is 0.841. The molecule has 3 rings (SSSR count). The highest BCUT2D eigenvalue weighted by atomic mass is 32.2. The minimum Gasteiger partial charge on any atom is -0.316 e. The van der Waals surface area contributed by atoms with Crippen LogP contribution in [0.1, 0.15) is 35.8 Å². The van der Waals surface area contributed by atoms with E-state index in [4.69, 9.17) is 0 Å². The van der Waals surface area contributed by atoms with Crippen molar-refractivity contribution in [3.05, 3.63) is 22.3 Å². The zero-order valence-corrected chi connectivity index (χ0v) is 14.5. The van der Waals surface area contributed by atoms with Gasteiger partial charge in [-0.2, -0.15) is 5.26 Å². The molecule has 0 saturated heterocycles. The summed E-state index contributed by atoms with van der Waals surface area (Å²) in [7, 11) is 0. The molecule has 23 heavy (non-hydrogen) atoms. The second-order valence-electron chi connectivity index (χ2n) is 5.26. The Morgan fingerprint density at radius 1 is 1.52 bits per heavy atom. The van der Waals surface area contributed by atoms with E-state index >= 15 is 0 Å². The summed E-state index contributed by atoms with van der Waals surface area (Å²) in [5.74, 6) is 0.141. The van der Waals surface area contributed by atoms with Gasteiger partial charge in [0.15, 0.2) is 5.16 Å². The third-order valence-corrected chi connectivity index (χ3v) is 5.98. The molecule has 0 aromatic carbocycles. The number of hydrogen-bond donors (Lipinski definition) is 1. The molecule has 8 heteroatoms. The fourth-order valence-electron chi connectivity index (χ4n) is 2.64. The van der Waals surface area contributed by atoms with Gasteiger partial charge in [0.2, 0.25) is 5.91 Å². The first kappa shape index (κ1) is 16.0. The molecular weight excluding hydrogens is 330 g/mol. The van der Waals surface area contributed by atoms with Crippen LogP contribution in [0.3, 0.4) is 0 Å². The Kier molecular flexibility index (Phi) is 4.98. The molecule has 2 heterocycles. The minimum atomic E-state index is -0.115. The van der Waals surface area contributed by atoms with Gasteiger partial charge in [-0.05, 0) is 38.2 Å². The largest absolute Gasteiger partial charge is 0.316 e. The van der Waals surface area contributed by atoms with E-state index in [9.17, 15) is 10.1 Å². The molecule has 2 aromatic heterocycles. The second kappa shape index (κ2) is 7.15. The zero-order chi connectivity index (χ0) is 16.2. The van der Waals surface area contributed by atoms with Crippen molar-refractivity contribution >= 4 is 34.0 Å². The van der Waals surface area contributed by atoms with E-state index in [0.717, 1.165) is 42.9 Å². The van der Waals surface area contributed by atoms with E-state index in [0.29, 0.717) is 10.6 Å². The van der Waals surface area contributed by atoms with Crippen molar-refractivity contribution in [1.29, 1.82) is 5.26 Å². The summed E-state index contributed by atoms with van der Waals surface area (Å²) in [4.78, 5) is 13.4. The molecule has 1 amide bonds. The first-order chi connectivity index (χ1) is 11.2. The number of nitrogens with one attached hydrogen (secondary N) is 1. The fourth-order valence-corrected chi connectivity index (χ4v) is 4.67. The number of nitrogens with zero attached hydrogens (tertiary/aromatic N) is 4. The van der Waals surface area contributed by atoms with Gasteiger partial charge in [-0.1, -0.05) is 11.8 Å². The van der Waals surface area contributed by atoms with Gasteiger partial charge in [0, 0.05) is 11.4 Å². The van der Waals surface area contributed by atoms with Crippen LogP contribution in [0.2, 0.25) is 0 Å². The number of nitriles is 1. The lowest BCUT2D eigenvalue weighted by Crippen LogP contribution is -2.14. The van der Waals surface area contributed by atoms with Crippen LogP contribution >= 0.6 is 23.1 Å². The van der Waals surface area contributed by atoms with Crippen molar-refractivity contribution in [3.63, 3.8) is 0 Å². The number of rotatable bonds is 5. The molecule has 6 nitrogen and oxygen atoms in total. The van der Waals surface area contributed by atoms with Crippen LogP contribution < -0.4 is 5.32 Å². The van der Waals surface area contributed by atoms with Crippen molar-refractivity contribution < 1.29 is 4.79 Å². The third kappa shape index (κ3) is 3.41. The van der Waals surface area contributed by atoms with E-state index in [1.165, 1.54) is 16.6 Å². The monoisotopic (exact) mass is 347 g/mol. The summed E-state index contributed by atoms with van der Waals surface area (Å²) < 4.78 is 1.89. The van der Waals surface area contributed by atoms with Crippen molar-refractivity contribution in [2.45, 2.75) is 44.3 Å². The number of hydrogen-bond acceptors (Lipinski definition) is 6. The maximum atomic E-state index is 12.2. The van der Waals surface area contributed by atoms with Gasteiger partial charge in [0.1, 0.15) is 17.4 Å². The van der Waals surface area contributed by atoms with Crippen LogP contribution in [-0.2, 0) is 24.2 Å². The number of aromatic nitrogens is 3. The summed E-state index contributed by atoms with van der Waals surface area (Å²) in [6.07, 6.45) is 5.89. The van der Waals surface area contributed by atoms with Gasteiger partial charge in [-0.15, -0.1) is 21.5 Å². The van der Waals surface area contributed by atoms with Crippen LogP contribution in [0.4, 0.5) is 5.00 Å². The highest BCUT2D eigenvalue weighted by Crippen LogP contribution is 2.37. The molecule has 1 N–H and O–H groups in total. The number of thiophene rings is 1. The lowest BCUT2D eigenvalue weighted by Gasteiger charge is -2.09. The number of amides is 1. The Labute approximate surface area is 142 Å². The summed E-state index contributed by atoms with van der Waals surface area (Å²) in [5, 5.41) is 21.6. The van der Waals surface area contributed by atoms with Crippen LogP contribution in [0.5, 0.6) is 0 Å². The highest BCUT2D eigenvalue weighted by Gasteiger charge is 2.21. The van der Waals surface area contributed by atoms with Gasteiger partial charge in [-0.25, -0.2) is 0 Å². The lowest BCUT2D eigenvalue weighted by atomic mass is 9.96. The highest BCUT2D eigenvalue weighted by molar-refractivity contribution is 7.99. The Hall–Kier alpha value is -1.85. The Bertz CT molecular complexity index is 758. The lowest BCUT2D eigenvalue weighted by molar-refractivity contribution is -0.113.